The van der Waals surface area contributed by atoms with Crippen LogP contribution in [0.25, 0.3) is 22.2 Å². The van der Waals surface area contributed by atoms with Gasteiger partial charge in [-0.25, -0.2) is 9.78 Å². The molecule has 4 rings (SSSR count). The number of benzene rings is 2. The first-order chi connectivity index (χ1) is 13.1. The normalized spacial score (nSPS) is 10.9. The fraction of sp³-hybridized carbons (Fsp3) is 0.0500. The van der Waals surface area contributed by atoms with E-state index in [4.69, 9.17) is 11.6 Å². The number of hydrogen-bond acceptors (Lipinski definition) is 5. The molecule has 0 unspecified atom stereocenters. The molecule has 0 spiro atoms. The lowest BCUT2D eigenvalue weighted by molar-refractivity contribution is 0.182. The summed E-state index contributed by atoms with van der Waals surface area (Å²) in [6, 6.07) is 19.2. The van der Waals surface area contributed by atoms with Gasteiger partial charge in [0.1, 0.15) is 5.82 Å². The van der Waals surface area contributed by atoms with Crippen LogP contribution >= 0.6 is 11.6 Å². The van der Waals surface area contributed by atoms with Crippen LogP contribution in [0.1, 0.15) is 5.56 Å². The van der Waals surface area contributed by atoms with Gasteiger partial charge >= 0.3 is 5.69 Å². The number of nitrogens with one attached hydrogen (secondary N) is 1. The maximum Gasteiger partial charge on any atom is 0.384 e. The van der Waals surface area contributed by atoms with Crippen LogP contribution in [-0.2, 0) is 6.54 Å². The lowest BCUT2D eigenvalue weighted by Crippen LogP contribution is -2.23. The molecule has 134 valence electrons. The van der Waals surface area contributed by atoms with Crippen LogP contribution in [0.3, 0.4) is 0 Å². The van der Waals surface area contributed by atoms with E-state index in [1.807, 2.05) is 42.5 Å². The zero-order valence-corrected chi connectivity index (χ0v) is 14.9. The molecular weight excluding hydrogens is 364 g/mol. The Morgan fingerprint density at radius 3 is 2.67 bits per heavy atom. The van der Waals surface area contributed by atoms with Crippen LogP contribution < -0.4 is 11.0 Å². The average molecular weight is 379 g/mol. The zero-order valence-electron chi connectivity index (χ0n) is 14.1. The van der Waals surface area contributed by atoms with Gasteiger partial charge in [-0.3, -0.25) is 0 Å². The summed E-state index contributed by atoms with van der Waals surface area (Å²) >= 11 is 5.95. The van der Waals surface area contributed by atoms with Gasteiger partial charge in [0.15, 0.2) is 5.65 Å². The Morgan fingerprint density at radius 1 is 1.04 bits per heavy atom. The first-order valence-electron chi connectivity index (χ1n) is 8.27. The Bertz CT molecular complexity index is 1170. The molecule has 4 aromatic rings. The molecule has 0 aliphatic carbocycles. The van der Waals surface area contributed by atoms with Gasteiger partial charge in [0.25, 0.3) is 0 Å². The van der Waals surface area contributed by atoms with E-state index in [1.54, 1.807) is 12.1 Å². The maximum absolute atomic E-state index is 11.8. The molecule has 0 atom stereocenters. The summed E-state index contributed by atoms with van der Waals surface area (Å²) in [4.78, 5) is 19.8. The highest BCUT2D eigenvalue weighted by atomic mass is 35.5. The van der Waals surface area contributed by atoms with Gasteiger partial charge in [-0.15, -0.1) is 4.73 Å². The fourth-order valence-electron chi connectivity index (χ4n) is 2.87. The van der Waals surface area contributed by atoms with Crippen molar-refractivity contribution in [3.8, 4) is 11.1 Å². The van der Waals surface area contributed by atoms with E-state index < -0.39 is 5.69 Å². The minimum absolute atomic E-state index is 0.162. The van der Waals surface area contributed by atoms with Crippen molar-refractivity contribution < 1.29 is 5.21 Å². The second-order valence-electron chi connectivity index (χ2n) is 5.99. The quantitative estimate of drug-likeness (QED) is 0.525. The number of aromatic nitrogens is 3. The molecule has 0 amide bonds. The van der Waals surface area contributed by atoms with Gasteiger partial charge < -0.3 is 10.5 Å². The molecule has 2 aromatic carbocycles. The van der Waals surface area contributed by atoms with Gasteiger partial charge in [0, 0.05) is 17.8 Å². The number of anilines is 1. The monoisotopic (exact) mass is 378 g/mol. The predicted octanol–water partition coefficient (Wildman–Crippen LogP) is 3.96. The number of rotatable bonds is 4. The van der Waals surface area contributed by atoms with E-state index in [-0.39, 0.29) is 5.65 Å². The Hall–Kier alpha value is -3.38. The highest BCUT2D eigenvalue weighted by Gasteiger charge is 2.10. The van der Waals surface area contributed by atoms with Gasteiger partial charge in [-0.2, -0.15) is 4.98 Å². The number of halogens is 1. The van der Waals surface area contributed by atoms with Crippen molar-refractivity contribution in [2.24, 2.45) is 0 Å². The lowest BCUT2D eigenvalue weighted by Gasteiger charge is -2.10. The predicted molar refractivity (Wildman–Crippen MR) is 105 cm³/mol. The van der Waals surface area contributed by atoms with Crippen molar-refractivity contribution in [1.82, 2.24) is 14.7 Å². The van der Waals surface area contributed by atoms with E-state index in [2.05, 4.69) is 21.4 Å². The van der Waals surface area contributed by atoms with Crippen LogP contribution in [0.4, 0.5) is 5.82 Å². The molecule has 0 aliphatic heterocycles. The van der Waals surface area contributed by atoms with E-state index >= 15 is 0 Å². The number of pyridine rings is 1. The van der Waals surface area contributed by atoms with Crippen molar-refractivity contribution in [1.29, 1.82) is 0 Å². The molecule has 6 nitrogen and oxygen atoms in total. The number of hydrogen-bond donors (Lipinski definition) is 2. The third kappa shape index (κ3) is 3.47. The molecule has 27 heavy (non-hydrogen) atoms. The molecule has 2 aromatic heterocycles. The molecule has 0 aliphatic rings. The Labute approximate surface area is 159 Å². The van der Waals surface area contributed by atoms with Gasteiger partial charge in [0.05, 0.1) is 5.39 Å². The second kappa shape index (κ2) is 7.09. The SMILES string of the molecule is O=c1nc(NCc2cccc(-c3ccc(Cl)cc3)c2)c2cccnc2n1O. The summed E-state index contributed by atoms with van der Waals surface area (Å²) in [7, 11) is 0. The lowest BCUT2D eigenvalue weighted by atomic mass is 10.0. The summed E-state index contributed by atoms with van der Waals surface area (Å²) in [5, 5.41) is 14.2. The van der Waals surface area contributed by atoms with Crippen LogP contribution in [0.2, 0.25) is 5.02 Å². The summed E-state index contributed by atoms with van der Waals surface area (Å²) < 4.78 is 0.446. The maximum atomic E-state index is 11.8. The van der Waals surface area contributed by atoms with Crippen LogP contribution in [0.15, 0.2) is 71.7 Å². The van der Waals surface area contributed by atoms with Crippen molar-refractivity contribution >= 4 is 28.5 Å². The number of nitrogens with zero attached hydrogens (tertiary/aromatic N) is 3. The summed E-state index contributed by atoms with van der Waals surface area (Å²) in [5.41, 5.74) is 2.54. The van der Waals surface area contributed by atoms with Crippen LogP contribution in [-0.4, -0.2) is 19.9 Å². The average Bonchev–Trinajstić information content (AvgIpc) is 2.70. The number of fused-ring (bicyclic) bond motifs is 1. The topological polar surface area (TPSA) is 80.0 Å². The highest BCUT2D eigenvalue weighted by molar-refractivity contribution is 6.30. The first-order valence-corrected chi connectivity index (χ1v) is 8.65. The Kier molecular flexibility index (Phi) is 4.48. The molecule has 2 N–H and O–H groups in total. The van der Waals surface area contributed by atoms with E-state index in [1.165, 1.54) is 6.20 Å². The van der Waals surface area contributed by atoms with E-state index in [9.17, 15) is 10.0 Å². The van der Waals surface area contributed by atoms with E-state index in [0.29, 0.717) is 27.5 Å². The minimum Gasteiger partial charge on any atom is -0.422 e. The summed E-state index contributed by atoms with van der Waals surface area (Å²) in [6.07, 6.45) is 1.51. The molecule has 0 bridgehead atoms. The standard InChI is InChI=1S/C20H15ClN4O2/c21-16-8-6-14(7-9-16)15-4-1-3-13(11-15)12-23-18-17-5-2-10-22-19(17)25(27)20(26)24-18/h1-11,27H,12H2,(H,23,24,26). The van der Waals surface area contributed by atoms with Crippen LogP contribution in [0, 0.1) is 0 Å². The third-order valence-electron chi connectivity index (χ3n) is 4.20. The molecule has 0 saturated carbocycles. The van der Waals surface area contributed by atoms with Crippen molar-refractivity contribution in [3.63, 3.8) is 0 Å². The van der Waals surface area contributed by atoms with Crippen LogP contribution in [0.5, 0.6) is 0 Å². The van der Waals surface area contributed by atoms with Crippen molar-refractivity contribution in [2.75, 3.05) is 5.32 Å². The summed E-state index contributed by atoms with van der Waals surface area (Å²) in [6.45, 7) is 0.466. The zero-order chi connectivity index (χ0) is 18.8. The molecule has 2 heterocycles. The molecule has 7 heteroatoms. The fourth-order valence-corrected chi connectivity index (χ4v) is 2.99. The molecular formula is C20H15ClN4O2. The summed E-state index contributed by atoms with van der Waals surface area (Å²) in [5.74, 6) is 0.380. The highest BCUT2D eigenvalue weighted by Crippen LogP contribution is 2.23. The minimum atomic E-state index is -0.779. The molecule has 0 fully saturated rings. The third-order valence-corrected chi connectivity index (χ3v) is 4.45. The Morgan fingerprint density at radius 2 is 1.85 bits per heavy atom. The second-order valence-corrected chi connectivity index (χ2v) is 6.43. The smallest absolute Gasteiger partial charge is 0.384 e. The molecule has 0 radical (unpaired) electrons. The van der Waals surface area contributed by atoms with E-state index in [0.717, 1.165) is 16.7 Å². The Balaban J connectivity index is 1.62. The molecule has 0 saturated heterocycles. The van der Waals surface area contributed by atoms with Crippen molar-refractivity contribution in [3.05, 3.63) is 87.9 Å². The first kappa shape index (κ1) is 17.1. The van der Waals surface area contributed by atoms with Gasteiger partial charge in [-0.05, 0) is 47.0 Å². The van der Waals surface area contributed by atoms with Crippen molar-refractivity contribution in [2.45, 2.75) is 6.54 Å². The largest absolute Gasteiger partial charge is 0.422 e. The van der Waals surface area contributed by atoms with Gasteiger partial charge in [-0.1, -0.05) is 41.9 Å². The van der Waals surface area contributed by atoms with Gasteiger partial charge in [0.2, 0.25) is 0 Å².